The van der Waals surface area contributed by atoms with Gasteiger partial charge in [0.05, 0.1) is 0 Å². The van der Waals surface area contributed by atoms with Crippen LogP contribution in [0.1, 0.15) is 80.1 Å². The maximum atomic E-state index is 12.6. The molecule has 0 spiro atoms. The molecule has 0 fully saturated rings. The molecular weight excluding hydrogens is 315 g/mol. The van der Waals surface area contributed by atoms with E-state index < -0.39 is 6.17 Å². The molecule has 3 rings (SSSR count). The summed E-state index contributed by atoms with van der Waals surface area (Å²) in [4.78, 5) is 11.1. The Labute approximate surface area is 151 Å². The van der Waals surface area contributed by atoms with Crippen LogP contribution in [0, 0.1) is 20.8 Å². The second kappa shape index (κ2) is 9.44. The van der Waals surface area contributed by atoms with E-state index in [0.717, 1.165) is 5.92 Å². The standard InChI is InChI=1S/C12H16.C6H9FN4.C2H6/c1-8-4-6-11-7-5-9(2)12(11)10(8)3;1-3(7)5-9-4(2)10-6(8)11-5;1-2/h4,6,9H,5,7H2,1-3H3;3H,1-2H3,(H2,8,9,10,11);1-2H3/t;3-;/m.1./s1. The van der Waals surface area contributed by atoms with Crippen molar-refractivity contribution >= 4 is 5.95 Å². The molecule has 0 saturated heterocycles. The number of hydrogen-bond acceptors (Lipinski definition) is 4. The smallest absolute Gasteiger partial charge is 0.223 e. The van der Waals surface area contributed by atoms with Crippen molar-refractivity contribution in [3.8, 4) is 0 Å². The van der Waals surface area contributed by atoms with Gasteiger partial charge in [-0.25, -0.2) is 9.37 Å². The fourth-order valence-electron chi connectivity index (χ4n) is 3.02. The van der Waals surface area contributed by atoms with E-state index in [-0.39, 0.29) is 11.8 Å². The second-order valence-corrected chi connectivity index (χ2v) is 6.24. The molecule has 0 radical (unpaired) electrons. The van der Waals surface area contributed by atoms with Gasteiger partial charge in [0.25, 0.3) is 0 Å². The van der Waals surface area contributed by atoms with Crippen LogP contribution in [0.2, 0.25) is 0 Å². The number of rotatable bonds is 1. The van der Waals surface area contributed by atoms with E-state index in [4.69, 9.17) is 5.73 Å². The van der Waals surface area contributed by atoms with Crippen molar-refractivity contribution in [1.82, 2.24) is 15.0 Å². The van der Waals surface area contributed by atoms with Crippen LogP contribution in [-0.4, -0.2) is 15.0 Å². The molecule has 2 atom stereocenters. The molecular formula is C20H31FN4. The summed E-state index contributed by atoms with van der Waals surface area (Å²) in [6.45, 7) is 13.8. The molecule has 1 unspecified atom stereocenters. The molecule has 5 heteroatoms. The zero-order chi connectivity index (χ0) is 19.1. The largest absolute Gasteiger partial charge is 0.368 e. The quantitative estimate of drug-likeness (QED) is 0.773. The molecule has 138 valence electrons. The van der Waals surface area contributed by atoms with E-state index in [1.807, 2.05) is 13.8 Å². The minimum atomic E-state index is -1.20. The lowest BCUT2D eigenvalue weighted by Gasteiger charge is -2.10. The van der Waals surface area contributed by atoms with Gasteiger partial charge in [0.2, 0.25) is 5.95 Å². The van der Waals surface area contributed by atoms with Gasteiger partial charge in [-0.2, -0.15) is 9.97 Å². The van der Waals surface area contributed by atoms with Crippen LogP contribution in [-0.2, 0) is 6.42 Å². The molecule has 2 N–H and O–H groups in total. The zero-order valence-corrected chi connectivity index (χ0v) is 16.5. The first kappa shape index (κ1) is 21.0. The number of halogens is 1. The zero-order valence-electron chi connectivity index (χ0n) is 16.5. The molecule has 1 aliphatic rings. The van der Waals surface area contributed by atoms with E-state index in [0.29, 0.717) is 5.82 Å². The first-order valence-corrected chi connectivity index (χ1v) is 9.00. The predicted octanol–water partition coefficient (Wildman–Crippen LogP) is 5.17. The summed E-state index contributed by atoms with van der Waals surface area (Å²) in [5.41, 5.74) is 11.5. The number of fused-ring (bicyclic) bond motifs is 1. The van der Waals surface area contributed by atoms with E-state index >= 15 is 0 Å². The van der Waals surface area contributed by atoms with Gasteiger partial charge in [-0.3, -0.25) is 0 Å². The summed E-state index contributed by atoms with van der Waals surface area (Å²) in [5, 5.41) is 0. The van der Waals surface area contributed by atoms with Crippen LogP contribution in [0.4, 0.5) is 10.3 Å². The Morgan fingerprint density at radius 3 is 2.32 bits per heavy atom. The minimum Gasteiger partial charge on any atom is -0.368 e. The van der Waals surface area contributed by atoms with Crippen molar-refractivity contribution in [2.45, 2.75) is 73.4 Å². The maximum absolute atomic E-state index is 12.6. The maximum Gasteiger partial charge on any atom is 0.223 e. The van der Waals surface area contributed by atoms with Crippen LogP contribution >= 0.6 is 0 Å². The third-order valence-electron chi connectivity index (χ3n) is 4.35. The van der Waals surface area contributed by atoms with Crippen molar-refractivity contribution in [2.24, 2.45) is 0 Å². The lowest BCUT2D eigenvalue weighted by Crippen LogP contribution is -2.05. The number of aryl methyl sites for hydroxylation is 3. The molecule has 25 heavy (non-hydrogen) atoms. The van der Waals surface area contributed by atoms with Crippen LogP contribution < -0.4 is 5.73 Å². The Morgan fingerprint density at radius 2 is 1.76 bits per heavy atom. The Kier molecular flexibility index (Phi) is 7.94. The molecule has 4 nitrogen and oxygen atoms in total. The molecule has 1 aromatic carbocycles. The molecule has 0 bridgehead atoms. The number of nitrogen functional groups attached to an aromatic ring is 1. The third-order valence-corrected chi connectivity index (χ3v) is 4.35. The summed E-state index contributed by atoms with van der Waals surface area (Å²) in [7, 11) is 0. The van der Waals surface area contributed by atoms with Crippen LogP contribution in [0.25, 0.3) is 0 Å². The number of alkyl halides is 1. The lowest BCUT2D eigenvalue weighted by atomic mass is 9.95. The summed E-state index contributed by atoms with van der Waals surface area (Å²) in [5.74, 6) is 1.39. The highest BCUT2D eigenvalue weighted by atomic mass is 19.1. The fourth-order valence-corrected chi connectivity index (χ4v) is 3.02. The van der Waals surface area contributed by atoms with Crippen LogP contribution in [0.15, 0.2) is 12.1 Å². The fraction of sp³-hybridized carbons (Fsp3) is 0.550. The van der Waals surface area contributed by atoms with Crippen molar-refractivity contribution in [3.63, 3.8) is 0 Å². The lowest BCUT2D eigenvalue weighted by molar-refractivity contribution is 0.355. The van der Waals surface area contributed by atoms with Gasteiger partial charge >= 0.3 is 0 Å². The van der Waals surface area contributed by atoms with Crippen LogP contribution in [0.5, 0.6) is 0 Å². The monoisotopic (exact) mass is 346 g/mol. The predicted molar refractivity (Wildman–Crippen MR) is 102 cm³/mol. The summed E-state index contributed by atoms with van der Waals surface area (Å²) in [6.07, 6.45) is 1.44. The average Bonchev–Trinajstić information content (AvgIpc) is 2.94. The molecule has 0 amide bonds. The van der Waals surface area contributed by atoms with Gasteiger partial charge in [-0.15, -0.1) is 0 Å². The Balaban J connectivity index is 0.000000229. The Hall–Kier alpha value is -2.04. The Bertz CT molecular complexity index is 678. The number of hydrogen-bond donors (Lipinski definition) is 1. The van der Waals surface area contributed by atoms with Crippen molar-refractivity contribution in [1.29, 1.82) is 0 Å². The topological polar surface area (TPSA) is 64.7 Å². The highest BCUT2D eigenvalue weighted by Crippen LogP contribution is 2.35. The van der Waals surface area contributed by atoms with Gasteiger partial charge < -0.3 is 5.73 Å². The first-order valence-electron chi connectivity index (χ1n) is 9.00. The molecule has 0 saturated carbocycles. The summed E-state index contributed by atoms with van der Waals surface area (Å²) < 4.78 is 12.6. The highest BCUT2D eigenvalue weighted by molar-refractivity contribution is 5.44. The number of nitrogens with two attached hydrogens (primary N) is 1. The third kappa shape index (κ3) is 5.48. The number of benzene rings is 1. The first-order chi connectivity index (χ1) is 11.8. The van der Waals surface area contributed by atoms with Crippen molar-refractivity contribution in [3.05, 3.63) is 46.0 Å². The van der Waals surface area contributed by atoms with E-state index in [1.54, 1.807) is 18.1 Å². The van der Waals surface area contributed by atoms with Gasteiger partial charge in [-0.1, -0.05) is 32.9 Å². The average molecular weight is 346 g/mol. The molecule has 1 aromatic heterocycles. The van der Waals surface area contributed by atoms with Gasteiger partial charge in [-0.05, 0) is 68.7 Å². The summed E-state index contributed by atoms with van der Waals surface area (Å²) in [6, 6.07) is 4.56. The van der Waals surface area contributed by atoms with Crippen LogP contribution in [0.3, 0.4) is 0 Å². The second-order valence-electron chi connectivity index (χ2n) is 6.24. The highest BCUT2D eigenvalue weighted by Gasteiger charge is 2.20. The van der Waals surface area contributed by atoms with Gasteiger partial charge in [0, 0.05) is 0 Å². The number of nitrogens with zero attached hydrogens (tertiary/aromatic N) is 3. The molecule has 1 heterocycles. The normalized spacial score (nSPS) is 16.1. The van der Waals surface area contributed by atoms with Gasteiger partial charge in [0.1, 0.15) is 5.82 Å². The molecule has 1 aliphatic carbocycles. The van der Waals surface area contributed by atoms with Crippen molar-refractivity contribution < 1.29 is 4.39 Å². The molecule has 2 aromatic rings. The van der Waals surface area contributed by atoms with Gasteiger partial charge in [0.15, 0.2) is 12.0 Å². The van der Waals surface area contributed by atoms with E-state index in [1.165, 1.54) is 30.9 Å². The number of aromatic nitrogens is 3. The SMILES string of the molecule is CC.Cc1ccc2c(c1C)C(C)CC2.Cc1nc(N)nc([C@@H](C)F)n1. The van der Waals surface area contributed by atoms with E-state index in [9.17, 15) is 4.39 Å². The Morgan fingerprint density at radius 1 is 1.12 bits per heavy atom. The van der Waals surface area contributed by atoms with E-state index in [2.05, 4.69) is 47.9 Å². The molecule has 0 aliphatic heterocycles. The number of anilines is 1. The summed E-state index contributed by atoms with van der Waals surface area (Å²) >= 11 is 0. The minimum absolute atomic E-state index is 0.0667. The van der Waals surface area contributed by atoms with Crippen molar-refractivity contribution in [2.75, 3.05) is 5.73 Å².